The first-order chi connectivity index (χ1) is 9.62. The van der Waals surface area contributed by atoms with Crippen LogP contribution in [0.25, 0.3) is 0 Å². The van der Waals surface area contributed by atoms with Crippen LogP contribution in [-0.2, 0) is 21.4 Å². The molecule has 1 unspecified atom stereocenters. The van der Waals surface area contributed by atoms with Crippen molar-refractivity contribution in [2.24, 2.45) is 5.73 Å². The number of esters is 1. The molecule has 0 fully saturated rings. The molecule has 0 radical (unpaired) electrons. The molecule has 1 aromatic heterocycles. The molecule has 1 aromatic carbocycles. The van der Waals surface area contributed by atoms with Crippen LogP contribution in [-0.4, -0.2) is 24.6 Å². The summed E-state index contributed by atoms with van der Waals surface area (Å²) in [7, 11) is 1.39. The number of carbonyl (C=O) groups is 1. The van der Waals surface area contributed by atoms with Gasteiger partial charge in [0.25, 0.3) is 0 Å². The number of benzene rings is 1. The molecule has 2 aromatic rings. The summed E-state index contributed by atoms with van der Waals surface area (Å²) in [5.41, 5.74) is 7.08. The number of ether oxygens (including phenoxy) is 1. The van der Waals surface area contributed by atoms with E-state index in [1.54, 1.807) is 6.20 Å². The van der Waals surface area contributed by atoms with Crippen LogP contribution < -0.4 is 5.73 Å². The molecule has 0 bridgehead atoms. The number of nitrogens with two attached hydrogens (primary N) is 1. The maximum absolute atomic E-state index is 12.4. The van der Waals surface area contributed by atoms with E-state index in [0.717, 1.165) is 16.1 Å². The van der Waals surface area contributed by atoms with Gasteiger partial charge in [0.2, 0.25) is 0 Å². The normalized spacial score (nSPS) is 13.8. The third-order valence-electron chi connectivity index (χ3n) is 3.47. The van der Waals surface area contributed by atoms with E-state index in [2.05, 4.69) is 4.98 Å². The molecule has 4 nitrogen and oxygen atoms in total. The highest BCUT2D eigenvalue weighted by Gasteiger charge is 2.41. The van der Waals surface area contributed by atoms with Crippen LogP contribution in [0.3, 0.4) is 0 Å². The first kappa shape index (κ1) is 14.7. The second kappa shape index (κ2) is 6.15. The highest BCUT2D eigenvalue weighted by molar-refractivity contribution is 7.09. The standard InChI is InChI=1S/C15H18N2O2S/c1-11-3-5-12(6-4-11)15(10-16,14(18)19-2)9-13-17-7-8-20-13/h3-8H,9-10,16H2,1-2H3. The number of hydrogen-bond acceptors (Lipinski definition) is 5. The average Bonchev–Trinajstić information content (AvgIpc) is 2.98. The van der Waals surface area contributed by atoms with Crippen molar-refractivity contribution < 1.29 is 9.53 Å². The second-order valence-corrected chi connectivity index (χ2v) is 5.73. The topological polar surface area (TPSA) is 65.2 Å². The fourth-order valence-corrected chi connectivity index (χ4v) is 2.96. The van der Waals surface area contributed by atoms with Crippen molar-refractivity contribution in [2.45, 2.75) is 18.8 Å². The fourth-order valence-electron chi connectivity index (χ4n) is 2.23. The zero-order chi connectivity index (χ0) is 14.6. The van der Waals surface area contributed by atoms with Gasteiger partial charge in [-0.3, -0.25) is 4.79 Å². The molecule has 1 heterocycles. The van der Waals surface area contributed by atoms with E-state index in [0.29, 0.717) is 6.42 Å². The molecule has 0 saturated heterocycles. The summed E-state index contributed by atoms with van der Waals surface area (Å²) >= 11 is 1.52. The van der Waals surface area contributed by atoms with E-state index in [1.165, 1.54) is 18.4 Å². The molecule has 0 saturated carbocycles. The van der Waals surface area contributed by atoms with Crippen molar-refractivity contribution >= 4 is 17.3 Å². The smallest absolute Gasteiger partial charge is 0.318 e. The lowest BCUT2D eigenvalue weighted by Gasteiger charge is -2.29. The summed E-state index contributed by atoms with van der Waals surface area (Å²) in [5, 5.41) is 2.77. The van der Waals surface area contributed by atoms with Crippen molar-refractivity contribution in [3.05, 3.63) is 52.0 Å². The van der Waals surface area contributed by atoms with Crippen molar-refractivity contribution in [1.29, 1.82) is 0 Å². The summed E-state index contributed by atoms with van der Waals surface area (Å²) in [6.45, 7) is 2.19. The lowest BCUT2D eigenvalue weighted by atomic mass is 9.77. The van der Waals surface area contributed by atoms with Gasteiger partial charge in [-0.05, 0) is 12.5 Å². The summed E-state index contributed by atoms with van der Waals surface area (Å²) in [6, 6.07) is 7.83. The van der Waals surface area contributed by atoms with Crippen molar-refractivity contribution in [3.8, 4) is 0 Å². The monoisotopic (exact) mass is 290 g/mol. The molecule has 106 valence electrons. The summed E-state index contributed by atoms with van der Waals surface area (Å²) < 4.78 is 5.00. The number of nitrogens with zero attached hydrogens (tertiary/aromatic N) is 1. The minimum Gasteiger partial charge on any atom is -0.468 e. The van der Waals surface area contributed by atoms with Gasteiger partial charge in [-0.2, -0.15) is 0 Å². The molecular weight excluding hydrogens is 272 g/mol. The van der Waals surface area contributed by atoms with Crippen LogP contribution in [0.2, 0.25) is 0 Å². The Balaban J connectivity index is 2.46. The SMILES string of the molecule is COC(=O)C(CN)(Cc1nccs1)c1ccc(C)cc1. The molecule has 0 aliphatic carbocycles. The summed E-state index contributed by atoms with van der Waals surface area (Å²) in [4.78, 5) is 16.6. The molecule has 2 rings (SSSR count). The maximum atomic E-state index is 12.4. The lowest BCUT2D eigenvalue weighted by molar-refractivity contribution is -0.147. The van der Waals surface area contributed by atoms with Crippen LogP contribution in [0.5, 0.6) is 0 Å². The number of methoxy groups -OCH3 is 1. The van der Waals surface area contributed by atoms with Gasteiger partial charge >= 0.3 is 5.97 Å². The third-order valence-corrected chi connectivity index (χ3v) is 4.24. The van der Waals surface area contributed by atoms with Crippen LogP contribution >= 0.6 is 11.3 Å². The third kappa shape index (κ3) is 2.73. The molecule has 0 spiro atoms. The van der Waals surface area contributed by atoms with Gasteiger partial charge in [0.1, 0.15) is 5.41 Å². The number of aryl methyl sites for hydroxylation is 1. The zero-order valence-corrected chi connectivity index (χ0v) is 12.4. The number of thiazole rings is 1. The minimum atomic E-state index is -0.875. The number of rotatable bonds is 5. The lowest BCUT2D eigenvalue weighted by Crippen LogP contribution is -2.45. The van der Waals surface area contributed by atoms with Crippen molar-refractivity contribution in [2.75, 3.05) is 13.7 Å². The van der Waals surface area contributed by atoms with Gasteiger partial charge in [0.05, 0.1) is 12.1 Å². The van der Waals surface area contributed by atoms with Gasteiger partial charge < -0.3 is 10.5 Å². The van der Waals surface area contributed by atoms with E-state index >= 15 is 0 Å². The highest BCUT2D eigenvalue weighted by Crippen LogP contribution is 2.30. The van der Waals surface area contributed by atoms with Gasteiger partial charge in [0, 0.05) is 24.5 Å². The Morgan fingerprint density at radius 3 is 2.60 bits per heavy atom. The second-order valence-electron chi connectivity index (χ2n) is 4.75. The molecule has 0 aliphatic heterocycles. The summed E-state index contributed by atoms with van der Waals surface area (Å²) in [5.74, 6) is -0.320. The van der Waals surface area contributed by atoms with E-state index in [-0.39, 0.29) is 12.5 Å². The first-order valence-electron chi connectivity index (χ1n) is 6.36. The molecule has 0 amide bonds. The Morgan fingerprint density at radius 1 is 1.40 bits per heavy atom. The van der Waals surface area contributed by atoms with Crippen LogP contribution in [0.15, 0.2) is 35.8 Å². The number of hydrogen-bond donors (Lipinski definition) is 1. The zero-order valence-electron chi connectivity index (χ0n) is 11.6. The summed E-state index contributed by atoms with van der Waals surface area (Å²) in [6.07, 6.45) is 2.19. The largest absolute Gasteiger partial charge is 0.468 e. The fraction of sp³-hybridized carbons (Fsp3) is 0.333. The molecule has 2 N–H and O–H groups in total. The maximum Gasteiger partial charge on any atom is 0.318 e. The molecular formula is C15H18N2O2S. The van der Waals surface area contributed by atoms with E-state index in [9.17, 15) is 4.79 Å². The van der Waals surface area contributed by atoms with Gasteiger partial charge in [-0.1, -0.05) is 29.8 Å². The Kier molecular flexibility index (Phi) is 4.52. The molecule has 20 heavy (non-hydrogen) atoms. The Hall–Kier alpha value is -1.72. The Labute approximate surface area is 122 Å². The minimum absolute atomic E-state index is 0.183. The van der Waals surface area contributed by atoms with E-state index in [4.69, 9.17) is 10.5 Å². The predicted octanol–water partition coefficient (Wildman–Crippen LogP) is 2.06. The van der Waals surface area contributed by atoms with E-state index < -0.39 is 5.41 Å². The van der Waals surface area contributed by atoms with Gasteiger partial charge in [-0.25, -0.2) is 4.98 Å². The predicted molar refractivity (Wildman–Crippen MR) is 79.7 cm³/mol. The average molecular weight is 290 g/mol. The first-order valence-corrected chi connectivity index (χ1v) is 7.24. The van der Waals surface area contributed by atoms with Crippen molar-refractivity contribution in [3.63, 3.8) is 0 Å². The van der Waals surface area contributed by atoms with Crippen molar-refractivity contribution in [1.82, 2.24) is 4.98 Å². The van der Waals surface area contributed by atoms with Crippen LogP contribution in [0.4, 0.5) is 0 Å². The Morgan fingerprint density at radius 2 is 2.10 bits per heavy atom. The quantitative estimate of drug-likeness (QED) is 0.856. The van der Waals surface area contributed by atoms with Crippen LogP contribution in [0, 0.1) is 6.92 Å². The van der Waals surface area contributed by atoms with Crippen LogP contribution in [0.1, 0.15) is 16.1 Å². The molecule has 5 heteroatoms. The van der Waals surface area contributed by atoms with Gasteiger partial charge in [-0.15, -0.1) is 11.3 Å². The highest BCUT2D eigenvalue weighted by atomic mass is 32.1. The molecule has 0 aliphatic rings. The van der Waals surface area contributed by atoms with E-state index in [1.807, 2.05) is 36.6 Å². The number of aromatic nitrogens is 1. The number of carbonyl (C=O) groups excluding carboxylic acids is 1. The van der Waals surface area contributed by atoms with Gasteiger partial charge in [0.15, 0.2) is 0 Å². The Bertz CT molecular complexity index is 566. The molecule has 1 atom stereocenters.